The van der Waals surface area contributed by atoms with Crippen LogP contribution in [0.4, 0.5) is 17.2 Å². The lowest BCUT2D eigenvalue weighted by Gasteiger charge is -2.23. The van der Waals surface area contributed by atoms with Crippen molar-refractivity contribution >= 4 is 46.2 Å². The SMILES string of the molecule is CCSNc1ccc(-c2nn(C(C)(C)C)c(Nc3ccc4ccccc4c3)c2C=O)cc1.CN. The van der Waals surface area contributed by atoms with E-state index in [1.807, 2.05) is 47.1 Å². The van der Waals surface area contributed by atoms with Crippen molar-refractivity contribution in [1.29, 1.82) is 0 Å². The minimum absolute atomic E-state index is 0.311. The smallest absolute Gasteiger partial charge is 0.156 e. The normalized spacial score (nSPS) is 11.0. The fraction of sp³-hybridized carbons (Fsp3) is 0.259. The van der Waals surface area contributed by atoms with Gasteiger partial charge in [0.15, 0.2) is 6.29 Å². The molecule has 3 aromatic carbocycles. The largest absolute Gasteiger partial charge is 0.340 e. The lowest BCUT2D eigenvalue weighted by Crippen LogP contribution is -2.24. The summed E-state index contributed by atoms with van der Waals surface area (Å²) in [6, 6.07) is 22.5. The summed E-state index contributed by atoms with van der Waals surface area (Å²) >= 11 is 1.65. The number of aromatic nitrogens is 2. The van der Waals surface area contributed by atoms with Crippen LogP contribution in [-0.4, -0.2) is 28.9 Å². The van der Waals surface area contributed by atoms with Gasteiger partial charge in [0.05, 0.1) is 11.1 Å². The molecule has 0 aliphatic heterocycles. The highest BCUT2D eigenvalue weighted by Gasteiger charge is 2.26. The van der Waals surface area contributed by atoms with Gasteiger partial charge in [0.25, 0.3) is 0 Å². The van der Waals surface area contributed by atoms with Gasteiger partial charge in [-0.25, -0.2) is 4.68 Å². The second-order valence-electron chi connectivity index (χ2n) is 8.61. The second-order valence-corrected chi connectivity index (χ2v) is 9.68. The molecule has 178 valence electrons. The zero-order chi connectivity index (χ0) is 24.7. The molecule has 0 unspecified atom stereocenters. The summed E-state index contributed by atoms with van der Waals surface area (Å²) < 4.78 is 5.20. The van der Waals surface area contributed by atoms with Crippen LogP contribution >= 0.6 is 11.9 Å². The van der Waals surface area contributed by atoms with Crippen LogP contribution in [-0.2, 0) is 5.54 Å². The summed E-state index contributed by atoms with van der Waals surface area (Å²) in [6.45, 7) is 8.35. The molecule has 6 nitrogen and oxygen atoms in total. The lowest BCUT2D eigenvalue weighted by molar-refractivity contribution is 0.112. The van der Waals surface area contributed by atoms with Gasteiger partial charge < -0.3 is 15.8 Å². The second kappa shape index (κ2) is 11.2. The number of carbonyl (C=O) groups excluding carboxylic acids is 1. The number of benzene rings is 3. The monoisotopic (exact) mass is 475 g/mol. The first kappa shape index (κ1) is 25.3. The van der Waals surface area contributed by atoms with E-state index in [-0.39, 0.29) is 5.54 Å². The summed E-state index contributed by atoms with van der Waals surface area (Å²) in [5.41, 5.74) is 8.26. The van der Waals surface area contributed by atoms with E-state index in [0.717, 1.165) is 34.4 Å². The van der Waals surface area contributed by atoms with Gasteiger partial charge in [0.2, 0.25) is 0 Å². The van der Waals surface area contributed by atoms with Crippen molar-refractivity contribution in [2.75, 3.05) is 22.8 Å². The molecule has 0 saturated carbocycles. The van der Waals surface area contributed by atoms with Crippen LogP contribution in [0.3, 0.4) is 0 Å². The molecule has 34 heavy (non-hydrogen) atoms. The number of fused-ring (bicyclic) bond motifs is 1. The van der Waals surface area contributed by atoms with Gasteiger partial charge in [-0.15, -0.1) is 0 Å². The van der Waals surface area contributed by atoms with Gasteiger partial charge in [0, 0.05) is 22.7 Å². The standard InChI is InChI=1S/C26H28N4OS.CH5N/c1-5-32-29-21-13-11-19(12-14-21)24-23(17-31)25(30(28-24)26(2,3)4)27-22-15-10-18-8-6-7-9-20(18)16-22;1-2/h6-17,27,29H,5H2,1-4H3;2H2,1H3. The van der Waals surface area contributed by atoms with E-state index < -0.39 is 0 Å². The Morgan fingerprint density at radius 3 is 2.24 bits per heavy atom. The highest BCUT2D eigenvalue weighted by atomic mass is 32.2. The molecule has 1 heterocycles. The third-order valence-corrected chi connectivity index (χ3v) is 5.85. The van der Waals surface area contributed by atoms with Crippen molar-refractivity contribution in [2.24, 2.45) is 5.73 Å². The summed E-state index contributed by atoms with van der Waals surface area (Å²) in [7, 11) is 1.50. The molecular weight excluding hydrogens is 442 g/mol. The Morgan fingerprint density at radius 1 is 0.971 bits per heavy atom. The van der Waals surface area contributed by atoms with E-state index in [1.54, 1.807) is 11.9 Å². The third-order valence-electron chi connectivity index (χ3n) is 5.18. The maximum Gasteiger partial charge on any atom is 0.156 e. The molecule has 0 bridgehead atoms. The molecule has 0 aliphatic rings. The minimum Gasteiger partial charge on any atom is -0.340 e. The van der Waals surface area contributed by atoms with E-state index in [1.165, 1.54) is 12.4 Å². The van der Waals surface area contributed by atoms with Gasteiger partial charge >= 0.3 is 0 Å². The average Bonchev–Trinajstić information content (AvgIpc) is 3.23. The van der Waals surface area contributed by atoms with Crippen molar-refractivity contribution in [3.05, 3.63) is 72.3 Å². The van der Waals surface area contributed by atoms with Crippen molar-refractivity contribution < 1.29 is 4.79 Å². The third kappa shape index (κ3) is 5.61. The van der Waals surface area contributed by atoms with Crippen LogP contribution in [0, 0.1) is 0 Å². The first-order valence-electron chi connectivity index (χ1n) is 11.3. The number of anilines is 3. The number of carbonyl (C=O) groups is 1. The Balaban J connectivity index is 0.00000158. The van der Waals surface area contributed by atoms with Gasteiger partial charge in [-0.05, 0) is 62.9 Å². The molecule has 0 amide bonds. The van der Waals surface area contributed by atoms with Crippen molar-refractivity contribution in [1.82, 2.24) is 9.78 Å². The molecule has 4 aromatic rings. The number of hydrogen-bond donors (Lipinski definition) is 3. The van der Waals surface area contributed by atoms with Crippen molar-refractivity contribution in [2.45, 2.75) is 33.2 Å². The van der Waals surface area contributed by atoms with Crippen LogP contribution in [0.5, 0.6) is 0 Å². The van der Waals surface area contributed by atoms with E-state index in [2.05, 4.69) is 67.7 Å². The molecule has 4 N–H and O–H groups in total. The maximum absolute atomic E-state index is 12.3. The topological polar surface area (TPSA) is 85.0 Å². The number of nitrogens with one attached hydrogen (secondary N) is 2. The van der Waals surface area contributed by atoms with E-state index >= 15 is 0 Å². The van der Waals surface area contributed by atoms with E-state index in [0.29, 0.717) is 17.1 Å². The quantitative estimate of drug-likeness (QED) is 0.204. The van der Waals surface area contributed by atoms with E-state index in [9.17, 15) is 4.79 Å². The maximum atomic E-state index is 12.3. The Hall–Kier alpha value is -3.29. The number of hydrogen-bond acceptors (Lipinski definition) is 6. The molecule has 0 aliphatic carbocycles. The number of aldehydes is 1. The first-order valence-corrected chi connectivity index (χ1v) is 12.3. The number of nitrogens with zero attached hydrogens (tertiary/aromatic N) is 2. The Labute approximate surface area is 206 Å². The van der Waals surface area contributed by atoms with Crippen LogP contribution in [0.2, 0.25) is 0 Å². The van der Waals surface area contributed by atoms with Crippen LogP contribution in [0.25, 0.3) is 22.0 Å². The summed E-state index contributed by atoms with van der Waals surface area (Å²) in [6.07, 6.45) is 0.896. The molecule has 0 spiro atoms. The Bertz CT molecular complexity index is 1240. The molecule has 4 rings (SSSR count). The van der Waals surface area contributed by atoms with Gasteiger partial charge in [0.1, 0.15) is 11.5 Å². The Morgan fingerprint density at radius 2 is 1.62 bits per heavy atom. The summed E-state index contributed by atoms with van der Waals surface area (Å²) in [5, 5.41) is 10.7. The van der Waals surface area contributed by atoms with Gasteiger partial charge in [-0.2, -0.15) is 5.10 Å². The van der Waals surface area contributed by atoms with Crippen LogP contribution < -0.4 is 15.8 Å². The van der Waals surface area contributed by atoms with Crippen molar-refractivity contribution in [3.8, 4) is 11.3 Å². The van der Waals surface area contributed by atoms with Gasteiger partial charge in [-0.3, -0.25) is 4.79 Å². The number of nitrogens with two attached hydrogens (primary N) is 1. The average molecular weight is 476 g/mol. The first-order chi connectivity index (χ1) is 16.4. The van der Waals surface area contributed by atoms with Gasteiger partial charge in [-0.1, -0.05) is 61.3 Å². The molecule has 0 fully saturated rings. The highest BCUT2D eigenvalue weighted by molar-refractivity contribution is 8.00. The lowest BCUT2D eigenvalue weighted by atomic mass is 10.1. The minimum atomic E-state index is -0.311. The molecule has 0 saturated heterocycles. The summed E-state index contributed by atoms with van der Waals surface area (Å²) in [5.74, 6) is 1.68. The highest BCUT2D eigenvalue weighted by Crippen LogP contribution is 2.34. The van der Waals surface area contributed by atoms with Crippen LogP contribution in [0.15, 0.2) is 66.7 Å². The molecule has 1 aromatic heterocycles. The molecule has 0 radical (unpaired) electrons. The van der Waals surface area contributed by atoms with Crippen LogP contribution in [0.1, 0.15) is 38.1 Å². The predicted molar refractivity (Wildman–Crippen MR) is 147 cm³/mol. The molecular formula is C27H33N5OS. The molecule has 7 heteroatoms. The zero-order valence-electron chi connectivity index (χ0n) is 20.4. The predicted octanol–water partition coefficient (Wildman–Crippen LogP) is 6.67. The van der Waals surface area contributed by atoms with Crippen molar-refractivity contribution in [3.63, 3.8) is 0 Å². The fourth-order valence-electron chi connectivity index (χ4n) is 3.62. The van der Waals surface area contributed by atoms with E-state index in [4.69, 9.17) is 5.10 Å². The zero-order valence-corrected chi connectivity index (χ0v) is 21.2. The number of rotatable bonds is 7. The summed E-state index contributed by atoms with van der Waals surface area (Å²) in [4.78, 5) is 12.3. The molecule has 0 atom stereocenters. The fourth-order valence-corrected chi connectivity index (χ4v) is 4.06. The Kier molecular flexibility index (Phi) is 8.36.